The van der Waals surface area contributed by atoms with Crippen LogP contribution in [0.15, 0.2) is 5.18 Å². The first-order chi connectivity index (χ1) is 7.88. The number of ether oxygens (including phenoxy) is 1. The largest absolute Gasteiger partial charge is 0.479 e. The number of carboxylic acids is 1. The minimum absolute atomic E-state index is 0.180. The highest BCUT2D eigenvalue weighted by molar-refractivity contribution is 5.87. The van der Waals surface area contributed by atoms with E-state index < -0.39 is 23.0 Å². The third kappa shape index (κ3) is 2.28. The van der Waals surface area contributed by atoms with Crippen LogP contribution in [0.25, 0.3) is 0 Å². The van der Waals surface area contributed by atoms with Gasteiger partial charge in [0.1, 0.15) is 5.54 Å². The van der Waals surface area contributed by atoms with Gasteiger partial charge in [0.15, 0.2) is 5.54 Å². The Hall–Kier alpha value is -1.50. The van der Waals surface area contributed by atoms with Crippen molar-refractivity contribution in [2.75, 3.05) is 13.2 Å². The molecule has 0 spiro atoms. The zero-order chi connectivity index (χ0) is 13.1. The van der Waals surface area contributed by atoms with E-state index >= 15 is 0 Å². The van der Waals surface area contributed by atoms with Gasteiger partial charge in [-0.05, 0) is 6.92 Å². The summed E-state index contributed by atoms with van der Waals surface area (Å²) in [5.41, 5.74) is -3.06. The molecule has 1 fully saturated rings. The Balaban J connectivity index is 3.13. The maximum absolute atomic E-state index is 11.4. The normalized spacial score (nSPS) is 22.2. The first kappa shape index (κ1) is 13.6. The molecular formula is C10H16N2O5. The molecule has 7 nitrogen and oxygen atoms in total. The van der Waals surface area contributed by atoms with Crippen molar-refractivity contribution in [2.24, 2.45) is 5.18 Å². The quantitative estimate of drug-likeness (QED) is 0.691. The Bertz CT molecular complexity index is 338. The topological polar surface area (TPSA) is 105 Å². The van der Waals surface area contributed by atoms with Crippen LogP contribution in [0.2, 0.25) is 0 Å². The molecule has 1 amide bonds. The summed E-state index contributed by atoms with van der Waals surface area (Å²) in [5.74, 6) is -1.78. The molecule has 1 saturated heterocycles. The molecule has 2 N–H and O–H groups in total. The van der Waals surface area contributed by atoms with Gasteiger partial charge in [-0.3, -0.25) is 4.79 Å². The van der Waals surface area contributed by atoms with Crippen molar-refractivity contribution in [3.8, 4) is 0 Å². The molecule has 0 aromatic carbocycles. The van der Waals surface area contributed by atoms with Gasteiger partial charge in [0, 0.05) is 33.0 Å². The second-order valence-electron chi connectivity index (χ2n) is 4.35. The van der Waals surface area contributed by atoms with Crippen LogP contribution >= 0.6 is 0 Å². The molecule has 1 rings (SSSR count). The second-order valence-corrected chi connectivity index (χ2v) is 4.35. The van der Waals surface area contributed by atoms with E-state index in [4.69, 9.17) is 4.74 Å². The lowest BCUT2D eigenvalue weighted by molar-refractivity contribution is -0.152. The van der Waals surface area contributed by atoms with E-state index in [-0.39, 0.29) is 26.1 Å². The highest BCUT2D eigenvalue weighted by Crippen LogP contribution is 2.36. The molecule has 1 aliphatic rings. The lowest BCUT2D eigenvalue weighted by Crippen LogP contribution is -2.67. The summed E-state index contributed by atoms with van der Waals surface area (Å²) in [5, 5.41) is 14.6. The van der Waals surface area contributed by atoms with Crippen LogP contribution in [-0.4, -0.2) is 41.3 Å². The number of nitroso groups, excluding NO2 is 1. The van der Waals surface area contributed by atoms with Gasteiger partial charge in [-0.2, -0.15) is 4.91 Å². The number of hydrogen-bond donors (Lipinski definition) is 2. The summed E-state index contributed by atoms with van der Waals surface area (Å²) in [6.07, 6.45) is 0.360. The Morgan fingerprint density at radius 2 is 1.94 bits per heavy atom. The van der Waals surface area contributed by atoms with Crippen molar-refractivity contribution in [1.82, 2.24) is 5.32 Å². The van der Waals surface area contributed by atoms with Crippen molar-refractivity contribution in [1.29, 1.82) is 0 Å². The van der Waals surface area contributed by atoms with Gasteiger partial charge in [-0.25, -0.2) is 4.79 Å². The molecular weight excluding hydrogens is 228 g/mol. The van der Waals surface area contributed by atoms with Crippen LogP contribution in [0.5, 0.6) is 0 Å². The fourth-order valence-electron chi connectivity index (χ4n) is 2.11. The van der Waals surface area contributed by atoms with E-state index in [1.54, 1.807) is 0 Å². The highest BCUT2D eigenvalue weighted by atomic mass is 16.5. The van der Waals surface area contributed by atoms with Gasteiger partial charge < -0.3 is 15.2 Å². The highest BCUT2D eigenvalue weighted by Gasteiger charge is 2.56. The van der Waals surface area contributed by atoms with Crippen molar-refractivity contribution >= 4 is 11.9 Å². The van der Waals surface area contributed by atoms with Gasteiger partial charge in [-0.1, -0.05) is 5.18 Å². The van der Waals surface area contributed by atoms with Crippen LogP contribution in [0.3, 0.4) is 0 Å². The smallest absolute Gasteiger partial charge is 0.331 e. The summed E-state index contributed by atoms with van der Waals surface area (Å²) < 4.78 is 5.10. The molecule has 1 heterocycles. The predicted octanol–water partition coefficient (Wildman–Crippen LogP) is 0.281. The summed E-state index contributed by atoms with van der Waals surface area (Å²) in [4.78, 5) is 33.6. The van der Waals surface area contributed by atoms with E-state index in [9.17, 15) is 19.6 Å². The predicted molar refractivity (Wildman–Crippen MR) is 58.4 cm³/mol. The summed E-state index contributed by atoms with van der Waals surface area (Å²) >= 11 is 0. The maximum atomic E-state index is 11.4. The van der Waals surface area contributed by atoms with E-state index in [0.29, 0.717) is 0 Å². The number of hydrogen-bond acceptors (Lipinski definition) is 5. The second kappa shape index (κ2) is 4.79. The first-order valence-electron chi connectivity index (χ1n) is 5.32. The molecule has 1 unspecified atom stereocenters. The number of nitrogens with one attached hydrogen (secondary N) is 1. The molecule has 0 aromatic heterocycles. The zero-order valence-corrected chi connectivity index (χ0v) is 9.86. The Morgan fingerprint density at radius 3 is 2.29 bits per heavy atom. The molecule has 0 aromatic rings. The van der Waals surface area contributed by atoms with Crippen molar-refractivity contribution < 1.29 is 19.4 Å². The molecule has 0 aliphatic carbocycles. The average Bonchev–Trinajstić information content (AvgIpc) is 2.28. The summed E-state index contributed by atoms with van der Waals surface area (Å²) in [6.45, 7) is 3.03. The van der Waals surface area contributed by atoms with Gasteiger partial charge in [0.05, 0.1) is 0 Å². The number of aliphatic carboxylic acids is 1. The third-order valence-corrected chi connectivity index (χ3v) is 3.28. The van der Waals surface area contributed by atoms with Crippen molar-refractivity contribution in [2.45, 2.75) is 37.8 Å². The number of amides is 1. The molecule has 0 bridgehead atoms. The van der Waals surface area contributed by atoms with E-state index in [1.807, 2.05) is 0 Å². The summed E-state index contributed by atoms with van der Waals surface area (Å²) in [6, 6.07) is 0. The standard InChI is InChI=1S/C10H16N2O5/c1-7(13)11-9(2,8(14)15)10(12-16)3-5-17-6-4-10/h3-6H2,1-2H3,(H,11,13)(H,14,15). The molecule has 1 atom stereocenters. The minimum atomic E-state index is -1.70. The van der Waals surface area contributed by atoms with Gasteiger partial charge in [0.25, 0.3) is 0 Å². The third-order valence-electron chi connectivity index (χ3n) is 3.28. The van der Waals surface area contributed by atoms with Crippen LogP contribution in [0.4, 0.5) is 0 Å². The van der Waals surface area contributed by atoms with Crippen molar-refractivity contribution in [3.05, 3.63) is 4.91 Å². The number of nitrogens with zero attached hydrogens (tertiary/aromatic N) is 1. The fraction of sp³-hybridized carbons (Fsp3) is 0.800. The van der Waals surface area contributed by atoms with Gasteiger partial charge >= 0.3 is 5.97 Å². The van der Waals surface area contributed by atoms with E-state index in [0.717, 1.165) is 0 Å². The van der Waals surface area contributed by atoms with Crippen molar-refractivity contribution in [3.63, 3.8) is 0 Å². The zero-order valence-electron chi connectivity index (χ0n) is 9.86. The molecule has 7 heteroatoms. The van der Waals surface area contributed by atoms with Gasteiger partial charge in [-0.15, -0.1) is 0 Å². The van der Waals surface area contributed by atoms with Gasteiger partial charge in [0.2, 0.25) is 5.91 Å². The summed E-state index contributed by atoms with van der Waals surface area (Å²) in [7, 11) is 0. The lowest BCUT2D eigenvalue weighted by atomic mass is 9.73. The molecule has 0 saturated carbocycles. The minimum Gasteiger partial charge on any atom is -0.479 e. The fourth-order valence-corrected chi connectivity index (χ4v) is 2.11. The van der Waals surface area contributed by atoms with Crippen LogP contribution < -0.4 is 5.32 Å². The van der Waals surface area contributed by atoms with E-state index in [2.05, 4.69) is 10.5 Å². The van der Waals surface area contributed by atoms with Crippen LogP contribution in [-0.2, 0) is 14.3 Å². The molecule has 96 valence electrons. The number of carbonyl (C=O) groups is 2. The Labute approximate surface area is 98.5 Å². The van der Waals surface area contributed by atoms with Crippen LogP contribution in [0, 0.1) is 4.91 Å². The first-order valence-corrected chi connectivity index (χ1v) is 5.32. The Morgan fingerprint density at radius 1 is 1.41 bits per heavy atom. The number of carbonyl (C=O) groups excluding carboxylic acids is 1. The number of rotatable bonds is 4. The molecule has 0 radical (unpaired) electrons. The average molecular weight is 244 g/mol. The van der Waals surface area contributed by atoms with E-state index in [1.165, 1.54) is 13.8 Å². The lowest BCUT2D eigenvalue weighted by Gasteiger charge is -2.42. The molecule has 1 aliphatic heterocycles. The Kier molecular flexibility index (Phi) is 3.82. The SMILES string of the molecule is CC(=O)NC(C)(C(=O)O)C1(N=O)CCOCC1. The monoisotopic (exact) mass is 244 g/mol. The maximum Gasteiger partial charge on any atom is 0.331 e. The molecule has 17 heavy (non-hydrogen) atoms. The van der Waals surface area contributed by atoms with Crippen LogP contribution in [0.1, 0.15) is 26.7 Å². The number of carboxylic acid groups (broad SMARTS) is 1.